The van der Waals surface area contributed by atoms with Crippen LogP contribution in [0.3, 0.4) is 0 Å². The Kier molecular flexibility index (Phi) is 5.72. The zero-order chi connectivity index (χ0) is 17.4. The average Bonchev–Trinajstić information content (AvgIpc) is 3.02. The van der Waals surface area contributed by atoms with Crippen LogP contribution in [0.4, 0.5) is 0 Å². The lowest BCUT2D eigenvalue weighted by molar-refractivity contribution is -0.245. The van der Waals surface area contributed by atoms with Crippen LogP contribution in [0.5, 0.6) is 0 Å². The molecule has 10 nitrogen and oxygen atoms in total. The first-order valence-corrected chi connectivity index (χ1v) is 7.95. The van der Waals surface area contributed by atoms with E-state index in [-0.39, 0.29) is 19.8 Å². The van der Waals surface area contributed by atoms with Crippen molar-refractivity contribution in [3.05, 3.63) is 0 Å². The highest BCUT2D eigenvalue weighted by Crippen LogP contribution is 2.32. The van der Waals surface area contributed by atoms with Gasteiger partial charge in [0, 0.05) is 5.92 Å². The Bertz CT molecular complexity index is 420. The predicted octanol–water partition coefficient (Wildman–Crippen LogP) is -4.06. The topological polar surface area (TPSA) is 158 Å². The molecule has 0 aliphatic carbocycles. The zero-order valence-electron chi connectivity index (χ0n) is 12.9. The van der Waals surface area contributed by atoms with Gasteiger partial charge in [0.2, 0.25) is 0 Å². The fourth-order valence-electron chi connectivity index (χ4n) is 3.32. The molecule has 24 heavy (non-hydrogen) atoms. The van der Waals surface area contributed by atoms with Crippen molar-refractivity contribution in [3.8, 4) is 0 Å². The fourth-order valence-corrected chi connectivity index (χ4v) is 3.32. The lowest BCUT2D eigenvalue weighted by Gasteiger charge is -2.40. The maximum atomic E-state index is 10.1. The van der Waals surface area contributed by atoms with Gasteiger partial charge >= 0.3 is 0 Å². The summed E-state index contributed by atoms with van der Waals surface area (Å²) < 4.78 is 21.4. The molecule has 10 atom stereocenters. The quantitative estimate of drug-likeness (QED) is 0.287. The maximum absolute atomic E-state index is 10.1. The normalized spacial score (nSPS) is 51.8. The molecule has 3 rings (SSSR count). The molecule has 2 bridgehead atoms. The van der Waals surface area contributed by atoms with Crippen molar-refractivity contribution in [3.63, 3.8) is 0 Å². The lowest BCUT2D eigenvalue weighted by Crippen LogP contribution is -2.59. The van der Waals surface area contributed by atoms with Gasteiger partial charge in [-0.3, -0.25) is 0 Å². The van der Waals surface area contributed by atoms with Crippen LogP contribution in [-0.2, 0) is 18.9 Å². The minimum atomic E-state index is -1.46. The van der Waals surface area contributed by atoms with Crippen molar-refractivity contribution in [1.82, 2.24) is 0 Å². The van der Waals surface area contributed by atoms with E-state index in [2.05, 4.69) is 0 Å². The van der Waals surface area contributed by atoms with E-state index in [1.54, 1.807) is 0 Å². The highest BCUT2D eigenvalue weighted by molar-refractivity contribution is 4.94. The van der Waals surface area contributed by atoms with Gasteiger partial charge in [-0.1, -0.05) is 0 Å². The van der Waals surface area contributed by atoms with Gasteiger partial charge in [-0.05, 0) is 0 Å². The van der Waals surface area contributed by atoms with Crippen LogP contribution in [0.25, 0.3) is 0 Å². The predicted molar refractivity (Wildman–Crippen MR) is 74.7 cm³/mol. The van der Waals surface area contributed by atoms with Gasteiger partial charge in [0.1, 0.15) is 36.6 Å². The van der Waals surface area contributed by atoms with Crippen LogP contribution in [-0.4, -0.2) is 112 Å². The largest absolute Gasteiger partial charge is 0.394 e. The van der Waals surface area contributed by atoms with Gasteiger partial charge in [-0.2, -0.15) is 0 Å². The third kappa shape index (κ3) is 3.31. The van der Waals surface area contributed by atoms with E-state index in [1.165, 1.54) is 0 Å². The van der Waals surface area contributed by atoms with Crippen molar-refractivity contribution in [1.29, 1.82) is 0 Å². The Labute approximate surface area is 138 Å². The second-order valence-electron chi connectivity index (χ2n) is 6.43. The number of ether oxygens (including phenoxy) is 4. The van der Waals surface area contributed by atoms with Crippen molar-refractivity contribution in [2.45, 2.75) is 55.1 Å². The van der Waals surface area contributed by atoms with Gasteiger partial charge in [0.15, 0.2) is 6.29 Å². The molecule has 0 spiro atoms. The van der Waals surface area contributed by atoms with Crippen LogP contribution < -0.4 is 0 Å². The number of fused-ring (bicyclic) bond motifs is 2. The Morgan fingerprint density at radius 3 is 2.21 bits per heavy atom. The molecule has 6 N–H and O–H groups in total. The fraction of sp³-hybridized carbons (Fsp3) is 1.00. The van der Waals surface area contributed by atoms with Gasteiger partial charge in [0.05, 0.1) is 38.6 Å². The Balaban J connectivity index is 1.52. The summed E-state index contributed by atoms with van der Waals surface area (Å²) in [5, 5.41) is 58.4. The number of rotatable bonds is 5. The summed E-state index contributed by atoms with van der Waals surface area (Å²) in [6, 6.07) is 0. The molecule has 0 aromatic carbocycles. The summed E-state index contributed by atoms with van der Waals surface area (Å²) in [5.74, 6) is -0.511. The lowest BCUT2D eigenvalue weighted by atomic mass is 9.91. The first-order valence-electron chi connectivity index (χ1n) is 7.95. The highest BCUT2D eigenvalue weighted by Gasteiger charge is 2.50. The molecule has 140 valence electrons. The summed E-state index contributed by atoms with van der Waals surface area (Å²) >= 11 is 0. The molecule has 0 amide bonds. The summed E-state index contributed by atoms with van der Waals surface area (Å²) in [5.41, 5.74) is 0. The Morgan fingerprint density at radius 1 is 0.792 bits per heavy atom. The van der Waals surface area contributed by atoms with E-state index >= 15 is 0 Å². The molecule has 0 saturated carbocycles. The maximum Gasteiger partial charge on any atom is 0.186 e. The Hall–Kier alpha value is -0.400. The second-order valence-corrected chi connectivity index (χ2v) is 6.43. The summed E-state index contributed by atoms with van der Waals surface area (Å²) in [4.78, 5) is 0. The third-order valence-electron chi connectivity index (χ3n) is 4.86. The average molecular weight is 352 g/mol. The monoisotopic (exact) mass is 352 g/mol. The van der Waals surface area contributed by atoms with E-state index in [9.17, 15) is 25.5 Å². The smallest absolute Gasteiger partial charge is 0.186 e. The number of hydrogen-bond acceptors (Lipinski definition) is 10. The molecule has 0 aromatic heterocycles. The summed E-state index contributed by atoms with van der Waals surface area (Å²) in [6.45, 7) is -0.373. The van der Waals surface area contributed by atoms with Gasteiger partial charge in [-0.25, -0.2) is 0 Å². The van der Waals surface area contributed by atoms with E-state index in [0.29, 0.717) is 0 Å². The molecule has 3 fully saturated rings. The van der Waals surface area contributed by atoms with E-state index in [4.69, 9.17) is 24.1 Å². The van der Waals surface area contributed by atoms with E-state index in [1.807, 2.05) is 0 Å². The minimum absolute atomic E-state index is 0.0218. The van der Waals surface area contributed by atoms with Crippen LogP contribution in [0.15, 0.2) is 0 Å². The molecule has 3 heterocycles. The highest BCUT2D eigenvalue weighted by atomic mass is 16.7. The molecule has 3 aliphatic heterocycles. The van der Waals surface area contributed by atoms with Crippen LogP contribution in [0.2, 0.25) is 0 Å². The van der Waals surface area contributed by atoms with Crippen molar-refractivity contribution < 1.29 is 49.6 Å². The van der Waals surface area contributed by atoms with Crippen molar-refractivity contribution >= 4 is 0 Å². The summed E-state index contributed by atoms with van der Waals surface area (Å²) in [7, 11) is 0. The van der Waals surface area contributed by atoms with E-state index in [0.717, 1.165) is 0 Å². The van der Waals surface area contributed by atoms with E-state index < -0.39 is 67.6 Å². The van der Waals surface area contributed by atoms with Gasteiger partial charge in [0.25, 0.3) is 0 Å². The van der Waals surface area contributed by atoms with Crippen molar-refractivity contribution in [2.24, 2.45) is 5.92 Å². The Morgan fingerprint density at radius 2 is 1.50 bits per heavy atom. The van der Waals surface area contributed by atoms with Crippen LogP contribution >= 0.6 is 0 Å². The molecule has 3 aliphatic rings. The van der Waals surface area contributed by atoms with Gasteiger partial charge < -0.3 is 49.6 Å². The number of hydrogen-bond donors (Lipinski definition) is 6. The standard InChI is InChI=1S/C14H24O10/c15-1-6-10(17)12(19)11(18)8(23-6)3-21-2-5-7-4-22-14(24-7)13(20)9(5)16/h5-20H,1-4H2/t5-,6-,7-,8+,9+,10-,11+,12+,13-,14-/m1/s1. The first kappa shape index (κ1) is 18.4. The molecular formula is C14H24O10. The molecular weight excluding hydrogens is 328 g/mol. The minimum Gasteiger partial charge on any atom is -0.394 e. The molecule has 0 radical (unpaired) electrons. The zero-order valence-corrected chi connectivity index (χ0v) is 12.9. The van der Waals surface area contributed by atoms with Gasteiger partial charge in [-0.15, -0.1) is 0 Å². The van der Waals surface area contributed by atoms with Crippen LogP contribution in [0.1, 0.15) is 0 Å². The SMILES string of the molecule is OC[C@H]1O[C@@H](COC[C@H]2[C@H](O)[C@@H](O)[C@@H]3OC[C@H]2O3)[C@H](O)[C@@H](O)[C@@H]1O. The molecule has 0 unspecified atom stereocenters. The second kappa shape index (κ2) is 7.46. The number of aliphatic hydroxyl groups is 6. The molecule has 0 aromatic rings. The first-order chi connectivity index (χ1) is 11.4. The molecule has 10 heteroatoms. The summed E-state index contributed by atoms with van der Waals surface area (Å²) in [6.07, 6.45) is -9.65. The third-order valence-corrected chi connectivity index (χ3v) is 4.86. The number of aliphatic hydroxyl groups excluding tert-OH is 6. The molecule has 3 saturated heterocycles. The van der Waals surface area contributed by atoms with Crippen LogP contribution in [0, 0.1) is 5.92 Å². The van der Waals surface area contributed by atoms with Crippen molar-refractivity contribution in [2.75, 3.05) is 26.4 Å².